The van der Waals surface area contributed by atoms with Crippen LogP contribution in [-0.2, 0) is 6.42 Å². The molecule has 0 aliphatic carbocycles. The third kappa shape index (κ3) is 2.19. The van der Waals surface area contributed by atoms with Gasteiger partial charge in [-0.2, -0.15) is 0 Å². The third-order valence-corrected chi connectivity index (χ3v) is 2.58. The number of nitrogens with one attached hydrogen (secondary N) is 1. The molecule has 0 aliphatic heterocycles. The van der Waals surface area contributed by atoms with Crippen molar-refractivity contribution in [3.8, 4) is 5.75 Å². The van der Waals surface area contributed by atoms with Crippen LogP contribution in [0.1, 0.15) is 16.8 Å². The van der Waals surface area contributed by atoms with E-state index in [0.29, 0.717) is 0 Å². The lowest BCUT2D eigenvalue weighted by molar-refractivity contribution is 0.410. The molecule has 0 amide bonds. The summed E-state index contributed by atoms with van der Waals surface area (Å²) in [4.78, 5) is 3.14. The average molecular weight is 216 g/mol. The van der Waals surface area contributed by atoms with E-state index in [-0.39, 0.29) is 0 Å². The van der Waals surface area contributed by atoms with Gasteiger partial charge in [-0.25, -0.2) is 0 Å². The van der Waals surface area contributed by atoms with Gasteiger partial charge in [0.1, 0.15) is 5.75 Å². The van der Waals surface area contributed by atoms with Crippen LogP contribution in [0.5, 0.6) is 5.75 Å². The first-order valence-corrected chi connectivity index (χ1v) is 5.25. The molecule has 0 spiro atoms. The molecule has 0 bridgehead atoms. The Kier molecular flexibility index (Phi) is 2.86. The Labute approximate surface area is 95.2 Å². The number of benzene rings is 1. The molecule has 0 radical (unpaired) electrons. The molecule has 84 valence electrons. The van der Waals surface area contributed by atoms with Crippen LogP contribution in [-0.4, -0.2) is 12.1 Å². The molecule has 1 heterocycles. The maximum Gasteiger partial charge on any atom is 0.122 e. The molecular weight excluding hydrogens is 200 g/mol. The molecule has 0 saturated heterocycles. The number of aromatic amines is 1. The van der Waals surface area contributed by atoms with Crippen molar-refractivity contribution in [2.75, 3.05) is 12.8 Å². The van der Waals surface area contributed by atoms with E-state index in [0.717, 1.165) is 23.6 Å². The Bertz CT molecular complexity index is 488. The fourth-order valence-corrected chi connectivity index (χ4v) is 1.81. The summed E-state index contributed by atoms with van der Waals surface area (Å²) in [7, 11) is 1.69. The molecule has 0 fully saturated rings. The zero-order valence-electron chi connectivity index (χ0n) is 9.58. The summed E-state index contributed by atoms with van der Waals surface area (Å²) in [5.74, 6) is 0.916. The van der Waals surface area contributed by atoms with E-state index in [2.05, 4.69) is 18.0 Å². The second-order valence-electron chi connectivity index (χ2n) is 3.95. The highest BCUT2D eigenvalue weighted by Gasteiger charge is 2.05. The predicted molar refractivity (Wildman–Crippen MR) is 65.7 cm³/mol. The first-order chi connectivity index (χ1) is 7.69. The minimum atomic E-state index is 0.765. The van der Waals surface area contributed by atoms with Crippen LogP contribution in [0.3, 0.4) is 0 Å². The monoisotopic (exact) mass is 216 g/mol. The first kappa shape index (κ1) is 10.6. The van der Waals surface area contributed by atoms with Crippen molar-refractivity contribution in [2.24, 2.45) is 0 Å². The van der Waals surface area contributed by atoms with Crippen molar-refractivity contribution in [1.82, 2.24) is 4.98 Å². The van der Waals surface area contributed by atoms with Gasteiger partial charge in [0.15, 0.2) is 0 Å². The second kappa shape index (κ2) is 4.31. The number of nitrogen functional groups attached to an aromatic ring is 1. The number of nitrogens with two attached hydrogens (primary N) is 1. The van der Waals surface area contributed by atoms with E-state index < -0.39 is 0 Å². The summed E-state index contributed by atoms with van der Waals surface area (Å²) in [6.07, 6.45) is 2.61. The number of ether oxygens (including phenoxy) is 1. The molecular formula is C13H16N2O. The van der Waals surface area contributed by atoms with E-state index in [9.17, 15) is 0 Å². The van der Waals surface area contributed by atoms with Crippen LogP contribution in [0.15, 0.2) is 30.5 Å². The largest absolute Gasteiger partial charge is 0.496 e. The van der Waals surface area contributed by atoms with Gasteiger partial charge in [0.25, 0.3) is 0 Å². The van der Waals surface area contributed by atoms with Gasteiger partial charge in [0.2, 0.25) is 0 Å². The van der Waals surface area contributed by atoms with Crippen molar-refractivity contribution in [2.45, 2.75) is 13.3 Å². The zero-order valence-corrected chi connectivity index (χ0v) is 9.58. The highest BCUT2D eigenvalue weighted by atomic mass is 16.5. The van der Waals surface area contributed by atoms with Crippen LogP contribution < -0.4 is 10.5 Å². The SMILES string of the molecule is COc1ccc(C)cc1Cc1cc(N)c[nH]1. The topological polar surface area (TPSA) is 51.0 Å². The Hall–Kier alpha value is -1.90. The predicted octanol–water partition coefficient (Wildman–Crippen LogP) is 2.50. The number of aromatic nitrogens is 1. The van der Waals surface area contributed by atoms with Crippen LogP contribution in [0.25, 0.3) is 0 Å². The Morgan fingerprint density at radius 1 is 1.31 bits per heavy atom. The zero-order chi connectivity index (χ0) is 11.5. The van der Waals surface area contributed by atoms with Gasteiger partial charge in [-0.3, -0.25) is 0 Å². The minimum Gasteiger partial charge on any atom is -0.496 e. The van der Waals surface area contributed by atoms with Crippen molar-refractivity contribution in [1.29, 1.82) is 0 Å². The van der Waals surface area contributed by atoms with Gasteiger partial charge < -0.3 is 15.5 Å². The van der Waals surface area contributed by atoms with Gasteiger partial charge in [0, 0.05) is 29.6 Å². The number of H-pyrrole nitrogens is 1. The number of methoxy groups -OCH3 is 1. The molecule has 3 heteroatoms. The molecule has 0 aliphatic rings. The number of hydrogen-bond donors (Lipinski definition) is 2. The smallest absolute Gasteiger partial charge is 0.122 e. The number of hydrogen-bond acceptors (Lipinski definition) is 2. The number of aryl methyl sites for hydroxylation is 1. The van der Waals surface area contributed by atoms with Gasteiger partial charge in [-0.05, 0) is 19.1 Å². The molecule has 1 aromatic heterocycles. The molecule has 0 unspecified atom stereocenters. The third-order valence-electron chi connectivity index (χ3n) is 2.58. The van der Waals surface area contributed by atoms with Crippen LogP contribution >= 0.6 is 0 Å². The Morgan fingerprint density at radius 3 is 2.75 bits per heavy atom. The molecule has 0 saturated carbocycles. The lowest BCUT2D eigenvalue weighted by Crippen LogP contribution is -1.94. The first-order valence-electron chi connectivity index (χ1n) is 5.25. The number of rotatable bonds is 3. The normalized spacial score (nSPS) is 10.4. The standard InChI is InChI=1S/C13H16N2O/c1-9-3-4-13(16-2)10(5-9)6-12-7-11(14)8-15-12/h3-5,7-8,15H,6,14H2,1-2H3. The van der Waals surface area contributed by atoms with E-state index in [1.54, 1.807) is 13.3 Å². The molecule has 16 heavy (non-hydrogen) atoms. The Morgan fingerprint density at radius 2 is 2.12 bits per heavy atom. The average Bonchev–Trinajstić information content (AvgIpc) is 2.64. The maximum absolute atomic E-state index is 5.67. The summed E-state index contributed by atoms with van der Waals surface area (Å²) < 4.78 is 5.33. The summed E-state index contributed by atoms with van der Waals surface area (Å²) in [6, 6.07) is 8.13. The Balaban J connectivity index is 2.29. The molecule has 2 rings (SSSR count). The minimum absolute atomic E-state index is 0.765. The summed E-state index contributed by atoms with van der Waals surface area (Å²) in [5, 5.41) is 0. The van der Waals surface area contributed by atoms with Gasteiger partial charge >= 0.3 is 0 Å². The molecule has 3 N–H and O–H groups in total. The fourth-order valence-electron chi connectivity index (χ4n) is 1.81. The fraction of sp³-hybridized carbons (Fsp3) is 0.231. The van der Waals surface area contributed by atoms with Gasteiger partial charge in [-0.1, -0.05) is 17.7 Å². The lowest BCUT2D eigenvalue weighted by atomic mass is 10.1. The van der Waals surface area contributed by atoms with E-state index in [1.807, 2.05) is 18.2 Å². The highest BCUT2D eigenvalue weighted by molar-refractivity contribution is 5.43. The van der Waals surface area contributed by atoms with Gasteiger partial charge in [0.05, 0.1) is 7.11 Å². The van der Waals surface area contributed by atoms with Crippen molar-refractivity contribution >= 4 is 5.69 Å². The van der Waals surface area contributed by atoms with E-state index >= 15 is 0 Å². The summed E-state index contributed by atoms with van der Waals surface area (Å²) >= 11 is 0. The van der Waals surface area contributed by atoms with Crippen LogP contribution in [0.4, 0.5) is 5.69 Å². The van der Waals surface area contributed by atoms with E-state index in [1.165, 1.54) is 11.1 Å². The molecule has 2 aromatic rings. The van der Waals surface area contributed by atoms with Crippen molar-refractivity contribution in [3.63, 3.8) is 0 Å². The number of anilines is 1. The van der Waals surface area contributed by atoms with Crippen molar-refractivity contribution < 1.29 is 4.74 Å². The van der Waals surface area contributed by atoms with Gasteiger partial charge in [-0.15, -0.1) is 0 Å². The molecule has 0 atom stereocenters. The molecule has 3 nitrogen and oxygen atoms in total. The molecule has 1 aromatic carbocycles. The second-order valence-corrected chi connectivity index (χ2v) is 3.95. The van der Waals surface area contributed by atoms with Crippen molar-refractivity contribution in [3.05, 3.63) is 47.3 Å². The van der Waals surface area contributed by atoms with E-state index in [4.69, 9.17) is 10.5 Å². The maximum atomic E-state index is 5.67. The highest BCUT2D eigenvalue weighted by Crippen LogP contribution is 2.22. The summed E-state index contributed by atoms with van der Waals surface area (Å²) in [5.41, 5.74) is 9.94. The van der Waals surface area contributed by atoms with Crippen LogP contribution in [0, 0.1) is 6.92 Å². The summed E-state index contributed by atoms with van der Waals surface area (Å²) in [6.45, 7) is 2.08. The lowest BCUT2D eigenvalue weighted by Gasteiger charge is -2.08. The van der Waals surface area contributed by atoms with Crippen LogP contribution in [0.2, 0.25) is 0 Å². The quantitative estimate of drug-likeness (QED) is 0.828.